The van der Waals surface area contributed by atoms with Crippen molar-refractivity contribution in [2.75, 3.05) is 13.1 Å². The zero-order valence-electron chi connectivity index (χ0n) is 13.5. The number of benzene rings is 2. The van der Waals surface area contributed by atoms with Crippen LogP contribution in [0, 0.1) is 0 Å². The van der Waals surface area contributed by atoms with Gasteiger partial charge in [-0.2, -0.15) is 0 Å². The summed E-state index contributed by atoms with van der Waals surface area (Å²) < 4.78 is 0. The van der Waals surface area contributed by atoms with E-state index in [2.05, 4.69) is 29.2 Å². The summed E-state index contributed by atoms with van der Waals surface area (Å²) in [5.41, 5.74) is 9.79. The molecule has 0 spiro atoms. The van der Waals surface area contributed by atoms with Crippen molar-refractivity contribution in [3.63, 3.8) is 0 Å². The van der Waals surface area contributed by atoms with E-state index >= 15 is 0 Å². The van der Waals surface area contributed by atoms with Gasteiger partial charge in [0, 0.05) is 12.1 Å². The van der Waals surface area contributed by atoms with Crippen LogP contribution < -0.4 is 5.73 Å². The third kappa shape index (κ3) is 4.20. The van der Waals surface area contributed by atoms with Crippen LogP contribution >= 0.6 is 0 Å². The topological polar surface area (TPSA) is 46.3 Å². The molecular formula is C20H24N2O. The minimum absolute atomic E-state index is 0.346. The van der Waals surface area contributed by atoms with Gasteiger partial charge in [-0.05, 0) is 61.5 Å². The van der Waals surface area contributed by atoms with Gasteiger partial charge in [-0.15, -0.1) is 0 Å². The summed E-state index contributed by atoms with van der Waals surface area (Å²) in [6, 6.07) is 16.5. The molecule has 2 aromatic rings. The molecule has 3 nitrogen and oxygen atoms in total. The summed E-state index contributed by atoms with van der Waals surface area (Å²) in [6.07, 6.45) is 4.42. The number of amides is 1. The fourth-order valence-corrected chi connectivity index (χ4v) is 3.27. The highest BCUT2D eigenvalue weighted by Gasteiger charge is 2.11. The van der Waals surface area contributed by atoms with Crippen molar-refractivity contribution in [3.8, 4) is 0 Å². The van der Waals surface area contributed by atoms with Crippen LogP contribution in [0.1, 0.15) is 39.9 Å². The molecule has 0 aromatic heterocycles. The van der Waals surface area contributed by atoms with Crippen molar-refractivity contribution in [2.45, 2.75) is 32.2 Å². The van der Waals surface area contributed by atoms with E-state index in [1.165, 1.54) is 37.1 Å². The molecule has 0 aliphatic carbocycles. The highest BCUT2D eigenvalue weighted by molar-refractivity contribution is 5.94. The van der Waals surface area contributed by atoms with Crippen LogP contribution in [-0.4, -0.2) is 23.9 Å². The molecule has 1 amide bonds. The monoisotopic (exact) mass is 308 g/mol. The number of carbonyl (C=O) groups is 1. The Morgan fingerprint density at radius 1 is 0.913 bits per heavy atom. The van der Waals surface area contributed by atoms with Crippen LogP contribution in [0.2, 0.25) is 0 Å². The number of nitrogens with zero attached hydrogens (tertiary/aromatic N) is 1. The number of carbonyl (C=O) groups excluding carboxylic acids is 1. The van der Waals surface area contributed by atoms with Gasteiger partial charge in [0.25, 0.3) is 0 Å². The van der Waals surface area contributed by atoms with Crippen molar-refractivity contribution in [2.24, 2.45) is 5.73 Å². The lowest BCUT2D eigenvalue weighted by Gasteiger charge is -2.14. The van der Waals surface area contributed by atoms with Crippen LogP contribution in [0.3, 0.4) is 0 Å². The number of hydrogen-bond donors (Lipinski definition) is 1. The molecular weight excluding hydrogens is 284 g/mol. The first-order valence-corrected chi connectivity index (χ1v) is 8.40. The van der Waals surface area contributed by atoms with E-state index in [1.54, 1.807) is 6.07 Å². The third-order valence-electron chi connectivity index (χ3n) is 4.59. The van der Waals surface area contributed by atoms with Gasteiger partial charge in [0.2, 0.25) is 5.91 Å². The average molecular weight is 308 g/mol. The highest BCUT2D eigenvalue weighted by Crippen LogP contribution is 2.15. The number of likely N-dealkylation sites (tertiary alicyclic amines) is 1. The lowest BCUT2D eigenvalue weighted by Crippen LogP contribution is -2.18. The summed E-state index contributed by atoms with van der Waals surface area (Å²) in [7, 11) is 0. The average Bonchev–Trinajstić information content (AvgIpc) is 3.07. The zero-order chi connectivity index (χ0) is 16.1. The highest BCUT2D eigenvalue weighted by atomic mass is 16.1. The van der Waals surface area contributed by atoms with Gasteiger partial charge in [0.05, 0.1) is 0 Å². The standard InChI is InChI=1S/C20H24N2O/c21-20(23)19-6-2-1-5-18(19)12-11-16-7-9-17(10-8-16)15-22-13-3-4-14-22/h1-2,5-10H,3-4,11-15H2,(H2,21,23). The zero-order valence-corrected chi connectivity index (χ0v) is 13.5. The molecule has 1 fully saturated rings. The van der Waals surface area contributed by atoms with Crippen molar-refractivity contribution in [1.29, 1.82) is 0 Å². The van der Waals surface area contributed by atoms with Crippen molar-refractivity contribution < 1.29 is 4.79 Å². The Hall–Kier alpha value is -2.13. The summed E-state index contributed by atoms with van der Waals surface area (Å²) >= 11 is 0. The van der Waals surface area contributed by atoms with Crippen LogP contribution in [0.5, 0.6) is 0 Å². The molecule has 120 valence electrons. The van der Waals surface area contributed by atoms with Crippen LogP contribution in [0.15, 0.2) is 48.5 Å². The van der Waals surface area contributed by atoms with Gasteiger partial charge >= 0.3 is 0 Å². The molecule has 2 aromatic carbocycles. The molecule has 23 heavy (non-hydrogen) atoms. The molecule has 3 heteroatoms. The molecule has 1 saturated heterocycles. The van der Waals surface area contributed by atoms with E-state index < -0.39 is 0 Å². The largest absolute Gasteiger partial charge is 0.366 e. The first-order valence-electron chi connectivity index (χ1n) is 8.40. The van der Waals surface area contributed by atoms with Gasteiger partial charge < -0.3 is 5.73 Å². The fourth-order valence-electron chi connectivity index (χ4n) is 3.27. The number of aryl methyl sites for hydroxylation is 2. The predicted molar refractivity (Wildman–Crippen MR) is 93.3 cm³/mol. The SMILES string of the molecule is NC(=O)c1ccccc1CCc1ccc(CN2CCCC2)cc1. The van der Waals surface area contributed by atoms with Crippen LogP contribution in [0.4, 0.5) is 0 Å². The number of rotatable bonds is 6. The Balaban J connectivity index is 1.59. The van der Waals surface area contributed by atoms with E-state index in [0.717, 1.165) is 24.9 Å². The van der Waals surface area contributed by atoms with Gasteiger partial charge in [0.1, 0.15) is 0 Å². The van der Waals surface area contributed by atoms with Crippen LogP contribution in [0.25, 0.3) is 0 Å². The maximum Gasteiger partial charge on any atom is 0.248 e. The Morgan fingerprint density at radius 2 is 1.57 bits per heavy atom. The maximum atomic E-state index is 11.5. The molecule has 0 unspecified atom stereocenters. The second kappa shape index (κ2) is 7.42. The van der Waals surface area contributed by atoms with E-state index in [1.807, 2.05) is 18.2 Å². The van der Waals surface area contributed by atoms with E-state index in [-0.39, 0.29) is 5.91 Å². The van der Waals surface area contributed by atoms with Gasteiger partial charge in [0.15, 0.2) is 0 Å². The van der Waals surface area contributed by atoms with Crippen molar-refractivity contribution >= 4 is 5.91 Å². The normalized spacial score (nSPS) is 15.0. The molecule has 1 aliphatic rings. The summed E-state index contributed by atoms with van der Waals surface area (Å²) in [5.74, 6) is -0.346. The Kier molecular flexibility index (Phi) is 5.09. The van der Waals surface area contributed by atoms with E-state index in [0.29, 0.717) is 5.56 Å². The molecule has 1 heterocycles. The van der Waals surface area contributed by atoms with Gasteiger partial charge in [-0.3, -0.25) is 9.69 Å². The number of primary amides is 1. The first-order chi connectivity index (χ1) is 11.2. The van der Waals surface area contributed by atoms with Crippen molar-refractivity contribution in [1.82, 2.24) is 4.90 Å². The lowest BCUT2D eigenvalue weighted by atomic mass is 9.99. The molecule has 2 N–H and O–H groups in total. The molecule has 0 bridgehead atoms. The molecule has 0 atom stereocenters. The predicted octanol–water partition coefficient (Wildman–Crippen LogP) is 3.17. The quantitative estimate of drug-likeness (QED) is 0.891. The summed E-state index contributed by atoms with van der Waals surface area (Å²) in [4.78, 5) is 14.0. The Labute approximate surface area is 138 Å². The molecule has 1 aliphatic heterocycles. The maximum absolute atomic E-state index is 11.5. The smallest absolute Gasteiger partial charge is 0.248 e. The molecule has 0 saturated carbocycles. The van der Waals surface area contributed by atoms with Crippen molar-refractivity contribution in [3.05, 3.63) is 70.8 Å². The number of nitrogens with two attached hydrogens (primary N) is 1. The third-order valence-corrected chi connectivity index (χ3v) is 4.59. The molecule has 0 radical (unpaired) electrons. The van der Waals surface area contributed by atoms with Gasteiger partial charge in [-0.25, -0.2) is 0 Å². The second-order valence-electron chi connectivity index (χ2n) is 6.32. The minimum Gasteiger partial charge on any atom is -0.366 e. The van der Waals surface area contributed by atoms with E-state index in [4.69, 9.17) is 5.73 Å². The fraction of sp³-hybridized carbons (Fsp3) is 0.350. The minimum atomic E-state index is -0.346. The second-order valence-corrected chi connectivity index (χ2v) is 6.32. The van der Waals surface area contributed by atoms with E-state index in [9.17, 15) is 4.79 Å². The summed E-state index contributed by atoms with van der Waals surface area (Å²) in [5, 5.41) is 0. The Bertz CT molecular complexity index is 658. The van der Waals surface area contributed by atoms with Crippen LogP contribution in [-0.2, 0) is 19.4 Å². The Morgan fingerprint density at radius 3 is 2.26 bits per heavy atom. The molecule has 3 rings (SSSR count). The van der Waals surface area contributed by atoms with Gasteiger partial charge in [-0.1, -0.05) is 42.5 Å². The lowest BCUT2D eigenvalue weighted by molar-refractivity contribution is 0.0999. The summed E-state index contributed by atoms with van der Waals surface area (Å²) in [6.45, 7) is 3.52. The first kappa shape index (κ1) is 15.8. The number of hydrogen-bond acceptors (Lipinski definition) is 2.